The number of likely N-dealkylation sites (N-methyl/N-ethyl adjacent to an activating group) is 1. The van der Waals surface area contributed by atoms with Crippen LogP contribution in [0.3, 0.4) is 0 Å². The molecule has 1 heterocycles. The quantitative estimate of drug-likeness (QED) is 0.661. The summed E-state index contributed by atoms with van der Waals surface area (Å²) in [5.41, 5.74) is 1.20. The SMILES string of the molecule is CN(C)CCc1ccn[nH]1. The van der Waals surface area contributed by atoms with Crippen LogP contribution in [0.1, 0.15) is 5.69 Å². The maximum Gasteiger partial charge on any atom is 0.0490 e. The predicted octanol–water partition coefficient (Wildman–Crippen LogP) is 0.514. The third kappa shape index (κ3) is 2.19. The van der Waals surface area contributed by atoms with E-state index in [9.17, 15) is 0 Å². The Balaban J connectivity index is 2.28. The minimum atomic E-state index is 1.05. The van der Waals surface area contributed by atoms with Gasteiger partial charge >= 0.3 is 0 Å². The number of nitrogens with one attached hydrogen (secondary N) is 1. The summed E-state index contributed by atoms with van der Waals surface area (Å²) in [7, 11) is 4.13. The highest BCUT2D eigenvalue weighted by molar-refractivity contribution is 4.97. The van der Waals surface area contributed by atoms with Crippen molar-refractivity contribution in [3.63, 3.8) is 0 Å². The van der Waals surface area contributed by atoms with E-state index in [-0.39, 0.29) is 0 Å². The Morgan fingerprint density at radius 1 is 1.60 bits per heavy atom. The fourth-order valence-electron chi connectivity index (χ4n) is 0.768. The molecule has 0 unspecified atom stereocenters. The molecule has 1 aromatic rings. The van der Waals surface area contributed by atoms with E-state index in [0.717, 1.165) is 13.0 Å². The van der Waals surface area contributed by atoms with E-state index in [0.29, 0.717) is 0 Å². The van der Waals surface area contributed by atoms with Crippen molar-refractivity contribution in [1.29, 1.82) is 0 Å². The van der Waals surface area contributed by atoms with E-state index in [1.54, 1.807) is 6.20 Å². The number of hydrogen-bond acceptors (Lipinski definition) is 2. The van der Waals surface area contributed by atoms with Gasteiger partial charge in [-0.3, -0.25) is 5.10 Å². The zero-order valence-electron chi connectivity index (χ0n) is 6.46. The van der Waals surface area contributed by atoms with Crippen molar-refractivity contribution in [2.75, 3.05) is 20.6 Å². The lowest BCUT2D eigenvalue weighted by atomic mass is 10.3. The first-order valence-electron chi connectivity index (χ1n) is 3.42. The Bertz CT molecular complexity index is 167. The normalized spacial score (nSPS) is 10.7. The molecule has 0 amide bonds. The second-order valence-corrected chi connectivity index (χ2v) is 2.64. The highest BCUT2D eigenvalue weighted by atomic mass is 15.1. The molecule has 1 aromatic heterocycles. The molecular formula is C7H13N3. The van der Waals surface area contributed by atoms with Crippen molar-refractivity contribution in [2.24, 2.45) is 0 Å². The molecule has 0 saturated heterocycles. The van der Waals surface area contributed by atoms with Gasteiger partial charge in [-0.2, -0.15) is 5.10 Å². The topological polar surface area (TPSA) is 31.9 Å². The van der Waals surface area contributed by atoms with E-state index < -0.39 is 0 Å². The first kappa shape index (κ1) is 7.28. The van der Waals surface area contributed by atoms with Crippen molar-refractivity contribution >= 4 is 0 Å². The molecule has 0 bridgehead atoms. The van der Waals surface area contributed by atoms with Crippen molar-refractivity contribution in [3.05, 3.63) is 18.0 Å². The van der Waals surface area contributed by atoms with Crippen molar-refractivity contribution in [3.8, 4) is 0 Å². The van der Waals surface area contributed by atoms with Crippen LogP contribution in [-0.4, -0.2) is 35.7 Å². The minimum absolute atomic E-state index is 1.05. The van der Waals surface area contributed by atoms with Gasteiger partial charge in [0, 0.05) is 24.9 Å². The largest absolute Gasteiger partial charge is 0.309 e. The van der Waals surface area contributed by atoms with Crippen molar-refractivity contribution in [1.82, 2.24) is 15.1 Å². The van der Waals surface area contributed by atoms with E-state index in [2.05, 4.69) is 29.2 Å². The molecular weight excluding hydrogens is 126 g/mol. The fourth-order valence-corrected chi connectivity index (χ4v) is 0.768. The number of rotatable bonds is 3. The molecule has 0 aliphatic carbocycles. The zero-order valence-corrected chi connectivity index (χ0v) is 6.46. The molecule has 10 heavy (non-hydrogen) atoms. The molecule has 0 atom stereocenters. The molecule has 56 valence electrons. The van der Waals surface area contributed by atoms with E-state index in [1.807, 2.05) is 6.07 Å². The second kappa shape index (κ2) is 3.37. The number of aromatic amines is 1. The van der Waals surface area contributed by atoms with Crippen LogP contribution in [0.15, 0.2) is 12.3 Å². The molecule has 3 nitrogen and oxygen atoms in total. The molecule has 1 rings (SSSR count). The van der Waals surface area contributed by atoms with Gasteiger partial charge in [0.05, 0.1) is 0 Å². The van der Waals surface area contributed by atoms with Gasteiger partial charge in [-0.25, -0.2) is 0 Å². The summed E-state index contributed by atoms with van der Waals surface area (Å²) in [6, 6.07) is 2.00. The molecule has 0 aliphatic rings. The predicted molar refractivity (Wildman–Crippen MR) is 40.8 cm³/mol. The lowest BCUT2D eigenvalue weighted by Gasteiger charge is -2.06. The van der Waals surface area contributed by atoms with Gasteiger partial charge in [-0.15, -0.1) is 0 Å². The van der Waals surface area contributed by atoms with Crippen molar-refractivity contribution < 1.29 is 0 Å². The van der Waals surface area contributed by atoms with Gasteiger partial charge in [-0.05, 0) is 20.2 Å². The molecule has 0 saturated carbocycles. The Morgan fingerprint density at radius 3 is 2.90 bits per heavy atom. The fraction of sp³-hybridized carbons (Fsp3) is 0.571. The highest BCUT2D eigenvalue weighted by Crippen LogP contribution is 1.92. The standard InChI is InChI=1S/C7H13N3/c1-10(2)6-4-7-3-5-8-9-7/h3,5H,4,6H2,1-2H3,(H,8,9). The van der Waals surface area contributed by atoms with Crippen LogP contribution in [0.25, 0.3) is 0 Å². The molecule has 0 radical (unpaired) electrons. The van der Waals surface area contributed by atoms with Crippen molar-refractivity contribution in [2.45, 2.75) is 6.42 Å². The smallest absolute Gasteiger partial charge is 0.0490 e. The van der Waals surface area contributed by atoms with E-state index in [1.165, 1.54) is 5.69 Å². The molecule has 0 aromatic carbocycles. The van der Waals surface area contributed by atoms with E-state index in [4.69, 9.17) is 0 Å². The minimum Gasteiger partial charge on any atom is -0.309 e. The maximum absolute atomic E-state index is 3.86. The lowest BCUT2D eigenvalue weighted by molar-refractivity contribution is 0.411. The molecule has 0 spiro atoms. The number of hydrogen-bond donors (Lipinski definition) is 1. The summed E-state index contributed by atoms with van der Waals surface area (Å²) >= 11 is 0. The van der Waals surface area contributed by atoms with Gasteiger partial charge in [0.15, 0.2) is 0 Å². The first-order valence-corrected chi connectivity index (χ1v) is 3.42. The van der Waals surface area contributed by atoms with E-state index >= 15 is 0 Å². The number of H-pyrrole nitrogens is 1. The Labute approximate surface area is 61.0 Å². The van der Waals surface area contributed by atoms with Crippen LogP contribution >= 0.6 is 0 Å². The van der Waals surface area contributed by atoms with Crippen LogP contribution in [0.2, 0.25) is 0 Å². The van der Waals surface area contributed by atoms with Crippen LogP contribution in [0.4, 0.5) is 0 Å². The third-order valence-corrected chi connectivity index (χ3v) is 1.39. The Morgan fingerprint density at radius 2 is 2.40 bits per heavy atom. The summed E-state index contributed by atoms with van der Waals surface area (Å²) in [4.78, 5) is 2.15. The lowest BCUT2D eigenvalue weighted by Crippen LogP contribution is -2.15. The van der Waals surface area contributed by atoms with Gasteiger partial charge in [0.2, 0.25) is 0 Å². The van der Waals surface area contributed by atoms with Gasteiger partial charge < -0.3 is 4.90 Å². The van der Waals surface area contributed by atoms with Gasteiger partial charge in [-0.1, -0.05) is 0 Å². The van der Waals surface area contributed by atoms with Gasteiger partial charge in [0.1, 0.15) is 0 Å². The average molecular weight is 139 g/mol. The monoisotopic (exact) mass is 139 g/mol. The Hall–Kier alpha value is -0.830. The van der Waals surface area contributed by atoms with Crippen LogP contribution in [-0.2, 0) is 6.42 Å². The average Bonchev–Trinajstić information content (AvgIpc) is 2.34. The molecule has 0 fully saturated rings. The maximum atomic E-state index is 3.86. The second-order valence-electron chi connectivity index (χ2n) is 2.64. The summed E-state index contributed by atoms with van der Waals surface area (Å²) < 4.78 is 0. The molecule has 0 aliphatic heterocycles. The number of aromatic nitrogens is 2. The zero-order chi connectivity index (χ0) is 7.40. The summed E-state index contributed by atoms with van der Waals surface area (Å²) in [6.45, 7) is 1.07. The van der Waals surface area contributed by atoms with Gasteiger partial charge in [0.25, 0.3) is 0 Å². The first-order chi connectivity index (χ1) is 4.79. The third-order valence-electron chi connectivity index (χ3n) is 1.39. The van der Waals surface area contributed by atoms with Crippen LogP contribution in [0.5, 0.6) is 0 Å². The summed E-state index contributed by atoms with van der Waals surface area (Å²) in [5.74, 6) is 0. The Kier molecular flexibility index (Phi) is 2.45. The highest BCUT2D eigenvalue weighted by Gasteiger charge is 1.93. The number of nitrogens with zero attached hydrogens (tertiary/aromatic N) is 2. The van der Waals surface area contributed by atoms with Crippen LogP contribution in [0, 0.1) is 0 Å². The molecule has 3 heteroatoms. The summed E-state index contributed by atoms with van der Waals surface area (Å²) in [6.07, 6.45) is 2.83. The van der Waals surface area contributed by atoms with Crippen LogP contribution < -0.4 is 0 Å². The molecule has 1 N–H and O–H groups in total. The summed E-state index contributed by atoms with van der Waals surface area (Å²) in [5, 5.41) is 6.77.